The van der Waals surface area contributed by atoms with E-state index in [4.69, 9.17) is 0 Å². The van der Waals surface area contributed by atoms with E-state index in [1.54, 1.807) is 0 Å². The zero-order chi connectivity index (χ0) is 13.1. The average Bonchev–Trinajstić information content (AvgIpc) is 2.94. The lowest BCUT2D eigenvalue weighted by atomic mass is 9.87. The lowest BCUT2D eigenvalue weighted by Crippen LogP contribution is -2.44. The summed E-state index contributed by atoms with van der Waals surface area (Å²) in [5, 5.41) is 10.1. The Morgan fingerprint density at radius 2 is 1.55 bits per heavy atom. The Morgan fingerprint density at radius 1 is 0.950 bits per heavy atom. The van der Waals surface area contributed by atoms with Crippen molar-refractivity contribution in [2.45, 2.75) is 18.4 Å². The molecule has 1 atom stereocenters. The van der Waals surface area contributed by atoms with Gasteiger partial charge in [-0.3, -0.25) is 0 Å². The molecule has 20 heavy (non-hydrogen) atoms. The second-order valence-electron chi connectivity index (χ2n) is 5.15. The van der Waals surface area contributed by atoms with Crippen LogP contribution in [0.2, 0.25) is 0 Å². The quantitative estimate of drug-likeness (QED) is 0.860. The third-order valence-electron chi connectivity index (χ3n) is 4.13. The van der Waals surface area contributed by atoms with Crippen LogP contribution < -0.4 is 4.90 Å². The van der Waals surface area contributed by atoms with Crippen molar-refractivity contribution in [1.29, 1.82) is 0 Å². The van der Waals surface area contributed by atoms with Gasteiger partial charge in [-0.2, -0.15) is 0 Å². The zero-order valence-electron chi connectivity index (χ0n) is 11.0. The Kier molecular flexibility index (Phi) is 4.51. The largest absolute Gasteiger partial charge is 0.394 e. The molecule has 3 rings (SSSR count). The number of aliphatic hydroxyl groups is 1. The summed E-state index contributed by atoms with van der Waals surface area (Å²) in [5.74, 6) is 0. The second kappa shape index (κ2) is 6.14. The maximum absolute atomic E-state index is 10.1. The second-order valence-corrected chi connectivity index (χ2v) is 5.15. The van der Waals surface area contributed by atoms with Crippen LogP contribution in [0.1, 0.15) is 18.4 Å². The molecule has 1 N–H and O–H groups in total. The van der Waals surface area contributed by atoms with E-state index in [0.717, 1.165) is 19.4 Å². The molecule has 0 unspecified atom stereocenters. The monoisotopic (exact) mass is 267 g/mol. The summed E-state index contributed by atoms with van der Waals surface area (Å²) in [4.78, 5) is 2.35. The van der Waals surface area contributed by atoms with Crippen LogP contribution in [-0.2, 0) is 5.54 Å². The molecule has 1 heterocycles. The lowest BCUT2D eigenvalue weighted by Gasteiger charge is -2.39. The highest BCUT2D eigenvalue weighted by Gasteiger charge is 2.41. The van der Waals surface area contributed by atoms with E-state index in [9.17, 15) is 5.11 Å². The fraction of sp³-hybridized carbons (Fsp3) is 0.294. The number of anilines is 1. The van der Waals surface area contributed by atoms with Crippen LogP contribution in [0.15, 0.2) is 60.7 Å². The van der Waals surface area contributed by atoms with Crippen LogP contribution in [-0.4, -0.2) is 26.7 Å². The molecule has 0 aromatic heterocycles. The Balaban J connectivity index is 0.00000147. The molecular formula is C17H22BNO. The Morgan fingerprint density at radius 3 is 2.15 bits per heavy atom. The van der Waals surface area contributed by atoms with Gasteiger partial charge < -0.3 is 10.0 Å². The molecule has 104 valence electrons. The van der Waals surface area contributed by atoms with Crippen molar-refractivity contribution in [3.05, 3.63) is 66.2 Å². The molecule has 0 spiro atoms. The van der Waals surface area contributed by atoms with Crippen LogP contribution in [0.25, 0.3) is 0 Å². The molecule has 0 amide bonds. The molecule has 3 heteroatoms. The van der Waals surface area contributed by atoms with Crippen molar-refractivity contribution < 1.29 is 5.11 Å². The Hall–Kier alpha value is -1.74. The molecule has 2 aromatic carbocycles. The molecule has 2 nitrogen and oxygen atoms in total. The first-order valence-electron chi connectivity index (χ1n) is 6.86. The molecule has 2 aromatic rings. The van der Waals surface area contributed by atoms with Crippen LogP contribution >= 0.6 is 0 Å². The van der Waals surface area contributed by atoms with E-state index >= 15 is 0 Å². The van der Waals surface area contributed by atoms with Crippen molar-refractivity contribution in [2.24, 2.45) is 0 Å². The number of hydrogen-bond acceptors (Lipinski definition) is 2. The minimum atomic E-state index is -0.261. The summed E-state index contributed by atoms with van der Waals surface area (Å²) >= 11 is 0. The van der Waals surface area contributed by atoms with Gasteiger partial charge in [-0.15, -0.1) is 0 Å². The molecule has 0 saturated carbocycles. The number of aliphatic hydroxyl groups excluding tert-OH is 1. The predicted molar refractivity (Wildman–Crippen MR) is 88.2 cm³/mol. The van der Waals surface area contributed by atoms with Crippen molar-refractivity contribution in [1.82, 2.24) is 0 Å². The van der Waals surface area contributed by atoms with Crippen molar-refractivity contribution in [2.75, 3.05) is 18.1 Å². The van der Waals surface area contributed by atoms with Gasteiger partial charge in [0.25, 0.3) is 0 Å². The Bertz CT molecular complexity index is 531. The first-order chi connectivity index (χ1) is 9.37. The van der Waals surface area contributed by atoms with Crippen LogP contribution in [0.5, 0.6) is 0 Å². The zero-order valence-corrected chi connectivity index (χ0v) is 11.0. The molecule has 1 saturated heterocycles. The van der Waals surface area contributed by atoms with Crippen LogP contribution in [0, 0.1) is 0 Å². The third kappa shape index (κ3) is 2.34. The number of para-hydroxylation sites is 1. The molecule has 0 radical (unpaired) electrons. The minimum absolute atomic E-state index is 0. The number of nitrogens with zero attached hydrogens (tertiary/aromatic N) is 1. The summed E-state index contributed by atoms with van der Waals surface area (Å²) in [6.45, 7) is 1.16. The molecule has 1 aliphatic heterocycles. The summed E-state index contributed by atoms with van der Waals surface area (Å²) in [5.41, 5.74) is 2.14. The van der Waals surface area contributed by atoms with Gasteiger partial charge in [0.1, 0.15) is 0 Å². The van der Waals surface area contributed by atoms with E-state index in [0.29, 0.717) is 0 Å². The average molecular weight is 267 g/mol. The molecule has 0 aliphatic carbocycles. The molecule has 1 fully saturated rings. The predicted octanol–water partition coefficient (Wildman–Crippen LogP) is 1.99. The third-order valence-corrected chi connectivity index (χ3v) is 4.13. The van der Waals surface area contributed by atoms with Crippen molar-refractivity contribution >= 4 is 14.1 Å². The highest BCUT2D eigenvalue weighted by atomic mass is 16.3. The van der Waals surface area contributed by atoms with E-state index in [2.05, 4.69) is 41.3 Å². The van der Waals surface area contributed by atoms with E-state index in [1.807, 2.05) is 24.3 Å². The van der Waals surface area contributed by atoms with E-state index in [1.165, 1.54) is 11.3 Å². The fourth-order valence-corrected chi connectivity index (χ4v) is 3.17. The highest BCUT2D eigenvalue weighted by Crippen LogP contribution is 2.41. The maximum Gasteiger partial charge on any atom is 0.0884 e. The van der Waals surface area contributed by atoms with E-state index in [-0.39, 0.29) is 20.6 Å². The van der Waals surface area contributed by atoms with Gasteiger partial charge in [0, 0.05) is 12.2 Å². The maximum atomic E-state index is 10.1. The summed E-state index contributed by atoms with van der Waals surface area (Å²) in [6, 6.07) is 20.8. The smallest absolute Gasteiger partial charge is 0.0884 e. The topological polar surface area (TPSA) is 23.5 Å². The summed E-state index contributed by atoms with van der Waals surface area (Å²) < 4.78 is 0. The van der Waals surface area contributed by atoms with Gasteiger partial charge in [0.05, 0.1) is 20.6 Å². The molecule has 1 aliphatic rings. The standard InChI is InChI=1S/C17H19NO.BH3/c19-14-17(15-8-3-1-4-9-15)12-7-13-18(17)16-10-5-2-6-11-16;/h1-6,8-11,19H,7,12-14H2;1H3/t17-;/m0./s1. The Labute approximate surface area is 122 Å². The molecular weight excluding hydrogens is 245 g/mol. The minimum Gasteiger partial charge on any atom is -0.394 e. The number of benzene rings is 2. The first kappa shape index (κ1) is 14.7. The highest BCUT2D eigenvalue weighted by molar-refractivity contribution is 5.75. The summed E-state index contributed by atoms with van der Waals surface area (Å²) in [7, 11) is 0. The van der Waals surface area contributed by atoms with Gasteiger partial charge >= 0.3 is 0 Å². The first-order valence-corrected chi connectivity index (χ1v) is 6.86. The fourth-order valence-electron chi connectivity index (χ4n) is 3.17. The SMILES string of the molecule is B.OC[C@]1(c2ccccc2)CCCN1c1ccccc1. The normalized spacial score (nSPS) is 21.6. The number of rotatable bonds is 3. The van der Waals surface area contributed by atoms with E-state index < -0.39 is 0 Å². The van der Waals surface area contributed by atoms with Crippen molar-refractivity contribution in [3.63, 3.8) is 0 Å². The lowest BCUT2D eigenvalue weighted by molar-refractivity contribution is 0.198. The van der Waals surface area contributed by atoms with Gasteiger partial charge in [-0.1, -0.05) is 48.5 Å². The molecule has 0 bridgehead atoms. The summed E-state index contributed by atoms with van der Waals surface area (Å²) in [6.07, 6.45) is 2.12. The van der Waals surface area contributed by atoms with Crippen LogP contribution in [0.3, 0.4) is 0 Å². The van der Waals surface area contributed by atoms with Gasteiger partial charge in [0.15, 0.2) is 0 Å². The van der Waals surface area contributed by atoms with Crippen LogP contribution in [0.4, 0.5) is 5.69 Å². The van der Waals surface area contributed by atoms with Gasteiger partial charge in [-0.05, 0) is 30.5 Å². The van der Waals surface area contributed by atoms with Gasteiger partial charge in [-0.25, -0.2) is 0 Å². The van der Waals surface area contributed by atoms with Crippen molar-refractivity contribution in [3.8, 4) is 0 Å². The van der Waals surface area contributed by atoms with Gasteiger partial charge in [0.2, 0.25) is 0 Å². The number of hydrogen-bond donors (Lipinski definition) is 1.